The fourth-order valence-electron chi connectivity index (χ4n) is 4.69. The van der Waals surface area contributed by atoms with Gasteiger partial charge in [-0.2, -0.15) is 5.10 Å². The Morgan fingerprint density at radius 2 is 1.87 bits per heavy atom. The molecule has 1 atom stereocenters. The third kappa shape index (κ3) is 3.26. The molecule has 3 aliphatic rings. The maximum absolute atomic E-state index is 6.02. The first-order chi connectivity index (χ1) is 14.9. The lowest BCUT2D eigenvalue weighted by molar-refractivity contribution is -0.0383. The summed E-state index contributed by atoms with van der Waals surface area (Å²) >= 11 is 0. The second-order valence-corrected chi connectivity index (χ2v) is 8.48. The first-order valence-corrected chi connectivity index (χ1v) is 11.2. The van der Waals surface area contributed by atoms with Gasteiger partial charge in [-0.1, -0.05) is 0 Å². The molecule has 1 unspecified atom stereocenters. The smallest absolute Gasteiger partial charge is 0.150 e. The highest BCUT2D eigenvalue weighted by molar-refractivity contribution is 5.94. The number of rotatable bonds is 4. The third-order valence-corrected chi connectivity index (χ3v) is 6.44. The number of ether oxygens (including phenoxy) is 2. The van der Waals surface area contributed by atoms with E-state index in [0.29, 0.717) is 5.92 Å². The van der Waals surface area contributed by atoms with Crippen molar-refractivity contribution in [2.75, 3.05) is 37.8 Å². The maximum atomic E-state index is 6.02. The van der Waals surface area contributed by atoms with E-state index in [9.17, 15) is 0 Å². The molecule has 7 heteroatoms. The number of nitrogens with zero attached hydrogens (tertiary/aromatic N) is 5. The summed E-state index contributed by atoms with van der Waals surface area (Å²) in [6, 6.07) is 6.47. The number of anilines is 1. The summed E-state index contributed by atoms with van der Waals surface area (Å²) in [5.74, 6) is 1.68. The molecule has 0 amide bonds. The van der Waals surface area contributed by atoms with Gasteiger partial charge in [-0.25, -0.2) is 9.67 Å². The van der Waals surface area contributed by atoms with Crippen molar-refractivity contribution >= 4 is 16.7 Å². The zero-order valence-corrected chi connectivity index (χ0v) is 17.2. The van der Waals surface area contributed by atoms with Crippen molar-refractivity contribution in [1.82, 2.24) is 19.7 Å². The van der Waals surface area contributed by atoms with Crippen LogP contribution in [0.3, 0.4) is 0 Å². The van der Waals surface area contributed by atoms with Crippen LogP contribution in [0.4, 0.5) is 5.82 Å². The molecule has 0 radical (unpaired) electrons. The molecule has 0 bridgehead atoms. The minimum Gasteiger partial charge on any atom is -0.378 e. The van der Waals surface area contributed by atoms with Gasteiger partial charge in [-0.05, 0) is 61.8 Å². The predicted molar refractivity (Wildman–Crippen MR) is 115 cm³/mol. The van der Waals surface area contributed by atoms with Crippen LogP contribution < -0.4 is 4.90 Å². The van der Waals surface area contributed by atoms with Gasteiger partial charge in [0.15, 0.2) is 6.23 Å². The quantitative estimate of drug-likeness (QED) is 0.656. The van der Waals surface area contributed by atoms with E-state index in [-0.39, 0.29) is 6.23 Å². The van der Waals surface area contributed by atoms with Gasteiger partial charge in [0, 0.05) is 37.5 Å². The molecule has 1 aliphatic carbocycles. The van der Waals surface area contributed by atoms with Gasteiger partial charge in [-0.3, -0.25) is 4.98 Å². The Bertz CT molecular complexity index is 1050. The molecule has 1 saturated carbocycles. The average Bonchev–Trinajstić information content (AvgIpc) is 3.55. The topological polar surface area (TPSA) is 65.3 Å². The highest BCUT2D eigenvalue weighted by Crippen LogP contribution is 2.45. The van der Waals surface area contributed by atoms with Crippen molar-refractivity contribution in [2.45, 2.75) is 44.2 Å². The van der Waals surface area contributed by atoms with E-state index in [1.54, 1.807) is 0 Å². The SMILES string of the molecule is c1cc2c(C3CC3)cc(N3CCOCC3)nc2c(-c2ccnn2C2CCCCO2)n1. The lowest BCUT2D eigenvalue weighted by Crippen LogP contribution is -2.36. The number of pyridine rings is 2. The minimum absolute atomic E-state index is 0.0221. The molecule has 3 aromatic rings. The Morgan fingerprint density at radius 1 is 0.967 bits per heavy atom. The van der Waals surface area contributed by atoms with Crippen molar-refractivity contribution in [2.24, 2.45) is 0 Å². The van der Waals surface area contributed by atoms with Crippen LogP contribution >= 0.6 is 0 Å². The van der Waals surface area contributed by atoms with Gasteiger partial charge < -0.3 is 14.4 Å². The number of fused-ring (bicyclic) bond motifs is 1. The summed E-state index contributed by atoms with van der Waals surface area (Å²) < 4.78 is 13.6. The van der Waals surface area contributed by atoms with Crippen molar-refractivity contribution in [3.8, 4) is 11.4 Å². The zero-order chi connectivity index (χ0) is 19.9. The molecule has 30 heavy (non-hydrogen) atoms. The molecule has 2 aliphatic heterocycles. The van der Waals surface area contributed by atoms with Crippen molar-refractivity contribution in [1.29, 1.82) is 0 Å². The van der Waals surface area contributed by atoms with Gasteiger partial charge in [0.05, 0.1) is 18.9 Å². The van der Waals surface area contributed by atoms with Crippen molar-refractivity contribution in [3.05, 3.63) is 36.2 Å². The fourth-order valence-corrected chi connectivity index (χ4v) is 4.69. The second kappa shape index (κ2) is 7.63. The first kappa shape index (κ1) is 18.3. The van der Waals surface area contributed by atoms with E-state index in [4.69, 9.17) is 19.4 Å². The summed E-state index contributed by atoms with van der Waals surface area (Å²) in [4.78, 5) is 12.3. The summed E-state index contributed by atoms with van der Waals surface area (Å²) in [5.41, 5.74) is 4.27. The Morgan fingerprint density at radius 3 is 2.67 bits per heavy atom. The Balaban J connectivity index is 1.50. The lowest BCUT2D eigenvalue weighted by atomic mass is 10.0. The van der Waals surface area contributed by atoms with Gasteiger partial charge in [0.25, 0.3) is 0 Å². The van der Waals surface area contributed by atoms with E-state index in [1.807, 2.05) is 23.1 Å². The molecular weight excluding hydrogens is 378 g/mol. The summed E-state index contributed by atoms with van der Waals surface area (Å²) in [5, 5.41) is 5.82. The average molecular weight is 406 g/mol. The molecule has 0 aromatic carbocycles. The van der Waals surface area contributed by atoms with Crippen molar-refractivity contribution in [3.63, 3.8) is 0 Å². The third-order valence-electron chi connectivity index (χ3n) is 6.44. The predicted octanol–water partition coefficient (Wildman–Crippen LogP) is 3.91. The summed E-state index contributed by atoms with van der Waals surface area (Å²) in [6.45, 7) is 4.06. The van der Waals surface area contributed by atoms with Crippen LogP contribution in [-0.4, -0.2) is 52.7 Å². The van der Waals surface area contributed by atoms with Crippen LogP contribution in [0.2, 0.25) is 0 Å². The van der Waals surface area contributed by atoms with Gasteiger partial charge >= 0.3 is 0 Å². The van der Waals surface area contributed by atoms with Gasteiger partial charge in [0.2, 0.25) is 0 Å². The van der Waals surface area contributed by atoms with E-state index >= 15 is 0 Å². The van der Waals surface area contributed by atoms with E-state index in [0.717, 1.165) is 74.9 Å². The normalized spacial score (nSPS) is 22.5. The van der Waals surface area contributed by atoms with Gasteiger partial charge in [0.1, 0.15) is 17.0 Å². The highest BCUT2D eigenvalue weighted by Gasteiger charge is 2.29. The molecule has 156 valence electrons. The molecule has 6 rings (SSSR count). The number of morpholine rings is 1. The molecule has 3 aromatic heterocycles. The van der Waals surface area contributed by atoms with Crippen LogP contribution in [0, 0.1) is 0 Å². The summed E-state index contributed by atoms with van der Waals surface area (Å²) in [6.07, 6.45) is 9.53. The summed E-state index contributed by atoms with van der Waals surface area (Å²) in [7, 11) is 0. The molecule has 2 saturated heterocycles. The molecule has 3 fully saturated rings. The standard InChI is InChI=1S/C23H27N5O2/c1-2-12-30-21(3-1)28-19(7-9-25-28)23-22-17(6-8-24-23)18(16-4-5-16)15-20(26-22)27-10-13-29-14-11-27/h6-9,15-16,21H,1-5,10-14H2. The Hall–Kier alpha value is -2.51. The zero-order valence-electron chi connectivity index (χ0n) is 17.2. The number of aromatic nitrogens is 4. The molecule has 5 heterocycles. The Kier molecular flexibility index (Phi) is 4.65. The minimum atomic E-state index is -0.0221. The van der Waals surface area contributed by atoms with E-state index < -0.39 is 0 Å². The second-order valence-electron chi connectivity index (χ2n) is 8.48. The largest absolute Gasteiger partial charge is 0.378 e. The fraction of sp³-hybridized carbons (Fsp3) is 0.522. The molecular formula is C23H27N5O2. The van der Waals surface area contributed by atoms with E-state index in [1.165, 1.54) is 23.8 Å². The monoisotopic (exact) mass is 405 g/mol. The van der Waals surface area contributed by atoms with Crippen LogP contribution in [0.1, 0.15) is 49.8 Å². The van der Waals surface area contributed by atoms with E-state index in [2.05, 4.69) is 22.1 Å². The Labute approximate surface area is 176 Å². The van der Waals surface area contributed by atoms with Crippen LogP contribution in [0.5, 0.6) is 0 Å². The van der Waals surface area contributed by atoms with Crippen LogP contribution in [-0.2, 0) is 9.47 Å². The first-order valence-electron chi connectivity index (χ1n) is 11.2. The van der Waals surface area contributed by atoms with Gasteiger partial charge in [-0.15, -0.1) is 0 Å². The molecule has 0 spiro atoms. The van der Waals surface area contributed by atoms with Crippen molar-refractivity contribution < 1.29 is 9.47 Å². The molecule has 0 N–H and O–H groups in total. The number of hydrogen-bond donors (Lipinski definition) is 0. The lowest BCUT2D eigenvalue weighted by Gasteiger charge is -2.29. The van der Waals surface area contributed by atoms with Crippen LogP contribution in [0.15, 0.2) is 30.6 Å². The maximum Gasteiger partial charge on any atom is 0.150 e. The molecule has 7 nitrogen and oxygen atoms in total. The van der Waals surface area contributed by atoms with Crippen LogP contribution in [0.25, 0.3) is 22.3 Å². The number of hydrogen-bond acceptors (Lipinski definition) is 6. The highest BCUT2D eigenvalue weighted by atomic mass is 16.5.